The van der Waals surface area contributed by atoms with Gasteiger partial charge in [-0.15, -0.1) is 11.8 Å². The molecule has 0 aromatic heterocycles. The molecule has 1 rings (SSSR count). The smallest absolute Gasteiger partial charge is 0.323 e. The monoisotopic (exact) mass is 467 g/mol. The number of benzene rings is 1. The fraction of sp³-hybridized carbons (Fsp3) is 0.684. The molecule has 0 radical (unpaired) electrons. The van der Waals surface area contributed by atoms with Crippen LogP contribution in [0, 0.1) is 0 Å². The van der Waals surface area contributed by atoms with Gasteiger partial charge in [0.05, 0.1) is 0 Å². The highest BCUT2D eigenvalue weighted by atomic mass is 32.2. The molecule has 0 bridgehead atoms. The van der Waals surface area contributed by atoms with E-state index in [4.69, 9.17) is 19.6 Å². The van der Waals surface area contributed by atoms with Crippen LogP contribution in [0.1, 0.15) is 64.2 Å². The van der Waals surface area contributed by atoms with Gasteiger partial charge < -0.3 is 19.6 Å². The fourth-order valence-electron chi connectivity index (χ4n) is 3.01. The van der Waals surface area contributed by atoms with Gasteiger partial charge in [-0.05, 0) is 37.3 Å². The van der Waals surface area contributed by atoms with E-state index in [1.165, 1.54) is 49.2 Å². The van der Waals surface area contributed by atoms with Crippen LogP contribution in [-0.2, 0) is 9.13 Å². The highest BCUT2D eigenvalue weighted by molar-refractivity contribution is 7.99. The second-order valence-electron chi connectivity index (χ2n) is 7.20. The molecule has 1 aromatic carbocycles. The van der Waals surface area contributed by atoms with Gasteiger partial charge in [0.1, 0.15) is 0 Å². The lowest BCUT2D eigenvalue weighted by Crippen LogP contribution is -2.29. The van der Waals surface area contributed by atoms with Crippen LogP contribution in [0.4, 0.5) is 0 Å². The maximum Gasteiger partial charge on any atom is 0.354 e. The van der Waals surface area contributed by atoms with Gasteiger partial charge in [-0.1, -0.05) is 69.6 Å². The molecule has 0 unspecified atom stereocenters. The number of hydrogen-bond donors (Lipinski definition) is 5. The molecule has 0 saturated heterocycles. The van der Waals surface area contributed by atoms with Crippen LogP contribution in [0.2, 0.25) is 0 Å². The highest BCUT2D eigenvalue weighted by Gasteiger charge is 2.42. The van der Waals surface area contributed by atoms with Crippen molar-refractivity contribution in [3.05, 3.63) is 30.3 Å². The van der Waals surface area contributed by atoms with E-state index < -0.39 is 20.7 Å². The minimum Gasteiger partial charge on any atom is -0.323 e. The Bertz CT molecular complexity index is 615. The summed E-state index contributed by atoms with van der Waals surface area (Å²) in [6.45, 7) is 0.182. The summed E-state index contributed by atoms with van der Waals surface area (Å²) in [6.07, 6.45) is 11.1. The molecular formula is C19H35NO6P2S. The third kappa shape index (κ3) is 13.7. The predicted molar refractivity (Wildman–Crippen MR) is 119 cm³/mol. The number of hydrogen-bond acceptors (Lipinski definition) is 4. The van der Waals surface area contributed by atoms with E-state index in [-0.39, 0.29) is 6.54 Å². The maximum absolute atomic E-state index is 11.1. The number of rotatable bonds is 17. The van der Waals surface area contributed by atoms with Gasteiger partial charge in [-0.25, -0.2) is 0 Å². The Morgan fingerprint density at radius 2 is 1.17 bits per heavy atom. The van der Waals surface area contributed by atoms with E-state index in [1.807, 2.05) is 17.8 Å². The average Bonchev–Trinajstić information content (AvgIpc) is 2.63. The summed E-state index contributed by atoms with van der Waals surface area (Å²) in [5, 5.41) is 2.32. The third-order valence-electron chi connectivity index (χ3n) is 4.55. The molecule has 168 valence electrons. The molecule has 0 atom stereocenters. The molecule has 5 N–H and O–H groups in total. The van der Waals surface area contributed by atoms with Crippen molar-refractivity contribution >= 4 is 27.0 Å². The van der Waals surface area contributed by atoms with Gasteiger partial charge in [0.15, 0.2) is 0 Å². The summed E-state index contributed by atoms with van der Waals surface area (Å²) in [7, 11) is -9.75. The molecule has 0 saturated carbocycles. The minimum absolute atomic E-state index is 0.182. The lowest BCUT2D eigenvalue weighted by molar-refractivity contribution is 0.327. The van der Waals surface area contributed by atoms with Crippen LogP contribution in [0.5, 0.6) is 0 Å². The van der Waals surface area contributed by atoms with Gasteiger partial charge in [-0.3, -0.25) is 14.4 Å². The van der Waals surface area contributed by atoms with Crippen LogP contribution in [0.3, 0.4) is 0 Å². The fourth-order valence-corrected chi connectivity index (χ4v) is 6.25. The second-order valence-corrected chi connectivity index (χ2v) is 12.2. The normalized spacial score (nSPS) is 12.6. The van der Waals surface area contributed by atoms with E-state index in [0.717, 1.165) is 19.3 Å². The lowest BCUT2D eigenvalue weighted by Gasteiger charge is -2.20. The van der Waals surface area contributed by atoms with Crippen LogP contribution < -0.4 is 5.32 Å². The zero-order chi connectivity index (χ0) is 21.6. The Hall–Kier alpha value is -0.170. The SMILES string of the molecule is O=P(O)(O)C(NCCCCCCCCCCCCSc1ccccc1)P(=O)(O)O. The standard InChI is InChI=1S/C19H35NO6P2S/c21-27(22,23)19(28(24,25)26)20-16-12-7-5-3-1-2-4-6-8-13-17-29-18-14-10-9-11-15-18/h9-11,14-15,19-20H,1-8,12-13,16-17H2,(H2,21,22,23)(H2,24,25,26). The molecule has 0 aliphatic rings. The Morgan fingerprint density at radius 3 is 1.66 bits per heavy atom. The van der Waals surface area contributed by atoms with Crippen molar-refractivity contribution in [2.75, 3.05) is 12.3 Å². The second kappa shape index (κ2) is 14.8. The summed E-state index contributed by atoms with van der Waals surface area (Å²) in [5.74, 6) is 1.17. The quantitative estimate of drug-likeness (QED) is 0.124. The first kappa shape index (κ1) is 26.9. The van der Waals surface area contributed by atoms with Gasteiger partial charge in [0, 0.05) is 4.90 Å². The first-order valence-electron chi connectivity index (χ1n) is 10.2. The Balaban J connectivity index is 1.90. The van der Waals surface area contributed by atoms with Gasteiger partial charge in [-0.2, -0.15) is 0 Å². The van der Waals surface area contributed by atoms with Crippen molar-refractivity contribution < 1.29 is 28.7 Å². The lowest BCUT2D eigenvalue weighted by atomic mass is 10.1. The summed E-state index contributed by atoms with van der Waals surface area (Å²) in [5.41, 5.74) is -2.10. The van der Waals surface area contributed by atoms with Crippen LogP contribution >= 0.6 is 27.0 Å². The predicted octanol–water partition coefficient (Wildman–Crippen LogP) is 4.91. The Labute approximate surface area is 178 Å². The van der Waals surface area contributed by atoms with E-state index in [1.54, 1.807) is 0 Å². The van der Waals surface area contributed by atoms with Crippen molar-refractivity contribution in [2.45, 2.75) is 74.6 Å². The molecule has 0 amide bonds. The molecule has 0 spiro atoms. The van der Waals surface area contributed by atoms with Crippen LogP contribution in [-0.4, -0.2) is 37.4 Å². The van der Waals surface area contributed by atoms with Crippen molar-refractivity contribution in [2.24, 2.45) is 0 Å². The summed E-state index contributed by atoms with van der Waals surface area (Å²) in [6, 6.07) is 10.5. The zero-order valence-electron chi connectivity index (χ0n) is 16.9. The Morgan fingerprint density at radius 1 is 0.724 bits per heavy atom. The molecule has 7 nitrogen and oxygen atoms in total. The topological polar surface area (TPSA) is 127 Å². The third-order valence-corrected chi connectivity index (χ3v) is 9.09. The molecule has 10 heteroatoms. The van der Waals surface area contributed by atoms with Crippen molar-refractivity contribution in [3.63, 3.8) is 0 Å². The summed E-state index contributed by atoms with van der Waals surface area (Å²) in [4.78, 5) is 37.4. The van der Waals surface area contributed by atoms with Crippen LogP contribution in [0.25, 0.3) is 0 Å². The molecule has 29 heavy (non-hydrogen) atoms. The van der Waals surface area contributed by atoms with E-state index >= 15 is 0 Å². The Kier molecular flexibility index (Phi) is 13.7. The molecular weight excluding hydrogens is 432 g/mol. The van der Waals surface area contributed by atoms with Crippen molar-refractivity contribution in [1.29, 1.82) is 0 Å². The van der Waals surface area contributed by atoms with E-state index in [2.05, 4.69) is 29.6 Å². The number of nitrogens with one attached hydrogen (secondary N) is 1. The molecule has 1 aromatic rings. The van der Waals surface area contributed by atoms with Gasteiger partial charge in [0.25, 0.3) is 0 Å². The van der Waals surface area contributed by atoms with E-state index in [0.29, 0.717) is 6.42 Å². The molecule has 0 heterocycles. The number of unbranched alkanes of at least 4 members (excludes halogenated alkanes) is 9. The number of thioether (sulfide) groups is 1. The van der Waals surface area contributed by atoms with Gasteiger partial charge >= 0.3 is 15.2 Å². The first-order chi connectivity index (χ1) is 13.7. The zero-order valence-corrected chi connectivity index (χ0v) is 19.5. The molecule has 0 aliphatic carbocycles. The molecule has 0 fully saturated rings. The van der Waals surface area contributed by atoms with Crippen LogP contribution in [0.15, 0.2) is 35.2 Å². The van der Waals surface area contributed by atoms with Crippen molar-refractivity contribution in [1.82, 2.24) is 5.32 Å². The largest absolute Gasteiger partial charge is 0.354 e. The van der Waals surface area contributed by atoms with Crippen molar-refractivity contribution in [3.8, 4) is 0 Å². The van der Waals surface area contributed by atoms with E-state index in [9.17, 15) is 9.13 Å². The highest BCUT2D eigenvalue weighted by Crippen LogP contribution is 2.58. The summed E-state index contributed by atoms with van der Waals surface area (Å²) < 4.78 is 22.3. The minimum atomic E-state index is -4.87. The summed E-state index contributed by atoms with van der Waals surface area (Å²) >= 11 is 1.91. The van der Waals surface area contributed by atoms with Gasteiger partial charge in [0.2, 0.25) is 5.52 Å². The molecule has 0 aliphatic heterocycles. The maximum atomic E-state index is 11.1. The first-order valence-corrected chi connectivity index (χ1v) is 14.6. The average molecular weight is 468 g/mol.